The van der Waals surface area contributed by atoms with E-state index in [2.05, 4.69) is 12.1 Å². The van der Waals surface area contributed by atoms with Gasteiger partial charge in [0.2, 0.25) is 9.79 Å². The van der Waals surface area contributed by atoms with Gasteiger partial charge in [-0.25, -0.2) is 0 Å². The van der Waals surface area contributed by atoms with Crippen LogP contribution in [-0.4, -0.2) is 48.6 Å². The van der Waals surface area contributed by atoms with Gasteiger partial charge < -0.3 is 38.3 Å². The Morgan fingerprint density at radius 2 is 0.943 bits per heavy atom. The van der Waals surface area contributed by atoms with Gasteiger partial charge in [-0.15, -0.1) is 0 Å². The summed E-state index contributed by atoms with van der Waals surface area (Å²) < 4.78 is 34.0. The van der Waals surface area contributed by atoms with Crippen molar-refractivity contribution in [2.45, 2.75) is 21.6 Å². The highest BCUT2D eigenvalue weighted by Gasteiger charge is 2.42. The lowest BCUT2D eigenvalue weighted by Gasteiger charge is -2.19. The largest absolute Gasteiger partial charge is 0.550 e. The van der Waals surface area contributed by atoms with Gasteiger partial charge in [-0.3, -0.25) is 0 Å². The summed E-state index contributed by atoms with van der Waals surface area (Å²) in [5.74, 6) is 2.77. The molecule has 0 radical (unpaired) electrons. The maximum atomic E-state index is 8.89. The Kier molecular flexibility index (Phi) is 10.4. The van der Waals surface area contributed by atoms with E-state index in [0.717, 1.165) is 21.6 Å². The Bertz CT molecular complexity index is 1000. The van der Waals surface area contributed by atoms with Crippen LogP contribution in [0.5, 0.6) is 34.5 Å². The molecular formula is C26H30O8S. The zero-order valence-corrected chi connectivity index (χ0v) is 21.7. The van der Waals surface area contributed by atoms with Crippen LogP contribution in [0.25, 0.3) is 0 Å². The summed E-state index contributed by atoms with van der Waals surface area (Å²) >= 11 is 0. The van der Waals surface area contributed by atoms with Gasteiger partial charge in [0.1, 0.15) is 22.4 Å². The number of aliphatic carboxylic acids is 1. The van der Waals surface area contributed by atoms with E-state index in [4.69, 9.17) is 38.3 Å². The highest BCUT2D eigenvalue weighted by atomic mass is 32.2. The van der Waals surface area contributed by atoms with Crippen molar-refractivity contribution in [3.63, 3.8) is 0 Å². The number of carboxylic acids is 1. The average molecular weight is 503 g/mol. The second kappa shape index (κ2) is 13.2. The molecule has 0 aliphatic rings. The third kappa shape index (κ3) is 6.66. The molecule has 0 unspecified atom stereocenters. The molecule has 3 rings (SSSR count). The second-order valence-corrected chi connectivity index (χ2v) is 8.73. The maximum absolute atomic E-state index is 8.89. The van der Waals surface area contributed by atoms with Gasteiger partial charge in [0.05, 0.1) is 42.7 Å². The summed E-state index contributed by atoms with van der Waals surface area (Å²) in [7, 11) is 9.06. The standard InChI is InChI=1S/C24H27O6S.C2H4O2/c1-25-16-12-19(27-3)23(20(13-16)28-4)31(18-10-8-7-9-11-18)24-21(29-5)14-17(26-2)15-22(24)30-6;1-2(3)4/h7-15H,1-6H3;1H3,(H,3,4)/q+1;/p-1. The molecule has 0 aromatic heterocycles. The van der Waals surface area contributed by atoms with Gasteiger partial charge >= 0.3 is 0 Å². The summed E-state index contributed by atoms with van der Waals surface area (Å²) in [6, 6.07) is 17.5. The summed E-state index contributed by atoms with van der Waals surface area (Å²) in [6.07, 6.45) is 0. The molecule has 9 heteroatoms. The number of hydrogen-bond donors (Lipinski definition) is 0. The molecule has 0 bridgehead atoms. The quantitative estimate of drug-likeness (QED) is 0.410. The van der Waals surface area contributed by atoms with E-state index in [1.54, 1.807) is 42.7 Å². The summed E-state index contributed by atoms with van der Waals surface area (Å²) in [6.45, 7) is 0.972. The van der Waals surface area contributed by atoms with Crippen molar-refractivity contribution in [1.29, 1.82) is 0 Å². The van der Waals surface area contributed by atoms with Gasteiger partial charge in [-0.1, -0.05) is 18.2 Å². The van der Waals surface area contributed by atoms with Crippen molar-refractivity contribution >= 4 is 16.9 Å². The number of ether oxygens (including phenoxy) is 6. The molecular weight excluding hydrogens is 472 g/mol. The zero-order chi connectivity index (χ0) is 26.0. The van der Waals surface area contributed by atoms with Crippen LogP contribution in [0.2, 0.25) is 0 Å². The number of carbonyl (C=O) groups excluding carboxylic acids is 1. The first-order valence-corrected chi connectivity index (χ1v) is 11.6. The van der Waals surface area contributed by atoms with E-state index in [1.165, 1.54) is 0 Å². The summed E-state index contributed by atoms with van der Waals surface area (Å²) in [5.41, 5.74) is 0. The molecule has 0 amide bonds. The number of carboxylic acid groups (broad SMARTS) is 1. The van der Waals surface area contributed by atoms with Crippen LogP contribution >= 0.6 is 0 Å². The Morgan fingerprint density at radius 3 is 1.20 bits per heavy atom. The van der Waals surface area contributed by atoms with Crippen LogP contribution in [0.4, 0.5) is 0 Å². The molecule has 0 saturated carbocycles. The predicted molar refractivity (Wildman–Crippen MR) is 131 cm³/mol. The lowest BCUT2D eigenvalue weighted by Crippen LogP contribution is -2.16. The Balaban J connectivity index is 0.00000100. The van der Waals surface area contributed by atoms with E-state index in [1.807, 2.05) is 42.5 Å². The lowest BCUT2D eigenvalue weighted by molar-refractivity contribution is -0.302. The molecule has 0 saturated heterocycles. The van der Waals surface area contributed by atoms with E-state index >= 15 is 0 Å². The van der Waals surface area contributed by atoms with Crippen molar-refractivity contribution < 1.29 is 38.3 Å². The first-order valence-electron chi connectivity index (χ1n) is 10.4. The molecule has 0 aliphatic heterocycles. The van der Waals surface area contributed by atoms with Crippen LogP contribution in [0.1, 0.15) is 6.92 Å². The molecule has 0 heterocycles. The van der Waals surface area contributed by atoms with Gasteiger partial charge in [0.25, 0.3) is 0 Å². The number of benzene rings is 3. The van der Waals surface area contributed by atoms with Crippen LogP contribution in [0, 0.1) is 0 Å². The Labute approximate surface area is 208 Å². The minimum absolute atomic E-state index is 0.641. The number of carbonyl (C=O) groups is 1. The van der Waals surface area contributed by atoms with Crippen LogP contribution < -0.4 is 33.5 Å². The summed E-state index contributed by atoms with van der Waals surface area (Å²) in [4.78, 5) is 11.7. The summed E-state index contributed by atoms with van der Waals surface area (Å²) in [5, 5.41) is 8.89. The number of rotatable bonds is 9. The van der Waals surface area contributed by atoms with E-state index in [0.29, 0.717) is 34.5 Å². The zero-order valence-electron chi connectivity index (χ0n) is 20.9. The first-order chi connectivity index (χ1) is 16.8. The normalized spacial score (nSPS) is 10.1. The highest BCUT2D eigenvalue weighted by molar-refractivity contribution is 7.97. The van der Waals surface area contributed by atoms with Crippen molar-refractivity contribution in [2.24, 2.45) is 0 Å². The minimum atomic E-state index is -1.08. The van der Waals surface area contributed by atoms with Gasteiger partial charge in [-0.2, -0.15) is 0 Å². The Morgan fingerprint density at radius 1 is 0.629 bits per heavy atom. The molecule has 3 aromatic carbocycles. The number of methoxy groups -OCH3 is 6. The fourth-order valence-corrected chi connectivity index (χ4v) is 5.72. The number of hydrogen-bond acceptors (Lipinski definition) is 8. The van der Waals surface area contributed by atoms with E-state index < -0.39 is 16.9 Å². The average Bonchev–Trinajstić information content (AvgIpc) is 2.88. The third-order valence-electron chi connectivity index (χ3n) is 4.73. The van der Waals surface area contributed by atoms with Crippen LogP contribution in [0.15, 0.2) is 69.3 Å². The molecule has 0 atom stereocenters. The van der Waals surface area contributed by atoms with Crippen molar-refractivity contribution in [3.8, 4) is 34.5 Å². The fourth-order valence-electron chi connectivity index (χ4n) is 3.24. The molecule has 188 valence electrons. The van der Waals surface area contributed by atoms with Crippen molar-refractivity contribution in [3.05, 3.63) is 54.6 Å². The van der Waals surface area contributed by atoms with Crippen LogP contribution in [0.3, 0.4) is 0 Å². The highest BCUT2D eigenvalue weighted by Crippen LogP contribution is 2.50. The third-order valence-corrected chi connectivity index (χ3v) is 7.09. The minimum Gasteiger partial charge on any atom is -0.550 e. The molecule has 0 fully saturated rings. The van der Waals surface area contributed by atoms with Crippen molar-refractivity contribution in [1.82, 2.24) is 0 Å². The molecule has 3 aromatic rings. The monoisotopic (exact) mass is 502 g/mol. The van der Waals surface area contributed by atoms with E-state index in [-0.39, 0.29) is 0 Å². The molecule has 35 heavy (non-hydrogen) atoms. The molecule has 0 aliphatic carbocycles. The van der Waals surface area contributed by atoms with Crippen LogP contribution in [-0.2, 0) is 15.7 Å². The van der Waals surface area contributed by atoms with E-state index in [9.17, 15) is 0 Å². The van der Waals surface area contributed by atoms with Gasteiger partial charge in [0, 0.05) is 30.2 Å². The smallest absolute Gasteiger partial charge is 0.250 e. The topological polar surface area (TPSA) is 95.5 Å². The van der Waals surface area contributed by atoms with Crippen molar-refractivity contribution in [2.75, 3.05) is 42.7 Å². The molecule has 8 nitrogen and oxygen atoms in total. The SMILES string of the molecule is CC(=O)[O-].COc1cc(OC)c([S+](c2ccccc2)c2c(OC)cc(OC)cc2OC)c(OC)c1. The first kappa shape index (κ1) is 27.5. The van der Waals surface area contributed by atoms with Gasteiger partial charge in [0.15, 0.2) is 27.9 Å². The molecule has 0 spiro atoms. The Hall–Kier alpha value is -3.72. The lowest BCUT2D eigenvalue weighted by atomic mass is 10.3. The second-order valence-electron chi connectivity index (χ2n) is 6.83. The van der Waals surface area contributed by atoms with Gasteiger partial charge in [-0.05, 0) is 19.1 Å². The predicted octanol–water partition coefficient (Wildman–Crippen LogP) is 3.59. The maximum Gasteiger partial charge on any atom is 0.250 e. The molecule has 0 N–H and O–H groups in total. The fraction of sp³-hybridized carbons (Fsp3) is 0.269.